The van der Waals surface area contributed by atoms with Crippen LogP contribution in [0.25, 0.3) is 0 Å². The molecule has 0 aromatic rings. The fraction of sp³-hybridized carbons (Fsp3) is 0.615. The molecule has 0 fully saturated rings. The Hall–Kier alpha value is -1.85. The van der Waals surface area contributed by atoms with Gasteiger partial charge in [0, 0.05) is 46.8 Å². The first kappa shape index (κ1) is 19.5. The molecular weight excluding hydrogens is 244 g/mol. The zero-order valence-electron chi connectivity index (χ0n) is 13.0. The molecule has 0 atom stereocenters. The lowest BCUT2D eigenvalue weighted by Gasteiger charge is -2.20. The summed E-state index contributed by atoms with van der Waals surface area (Å²) in [7, 11) is 7.11. The van der Waals surface area contributed by atoms with Gasteiger partial charge in [0.05, 0.1) is 0 Å². The van der Waals surface area contributed by atoms with Crippen LogP contribution in [0.4, 0.5) is 0 Å². The fourth-order valence-electron chi connectivity index (χ4n) is 0.877. The Kier molecular flexibility index (Phi) is 11.5. The highest BCUT2D eigenvalue weighted by Crippen LogP contribution is 2.08. The monoisotopic (exact) mass is 272 g/mol. The van der Waals surface area contributed by atoms with Crippen molar-refractivity contribution in [1.82, 2.24) is 21.3 Å². The Morgan fingerprint density at radius 1 is 0.947 bits per heavy atom. The molecule has 0 aromatic heterocycles. The van der Waals surface area contributed by atoms with Gasteiger partial charge >= 0.3 is 5.97 Å². The fourth-order valence-corrected chi connectivity index (χ4v) is 0.877. The van der Waals surface area contributed by atoms with Crippen LogP contribution in [-0.2, 0) is 9.53 Å². The van der Waals surface area contributed by atoms with Crippen molar-refractivity contribution in [2.24, 2.45) is 0 Å². The van der Waals surface area contributed by atoms with Crippen LogP contribution >= 0.6 is 0 Å². The molecule has 0 saturated heterocycles. The van der Waals surface area contributed by atoms with Crippen LogP contribution in [0.2, 0.25) is 0 Å². The zero-order valence-corrected chi connectivity index (χ0v) is 13.0. The van der Waals surface area contributed by atoms with Gasteiger partial charge in [-0.15, -0.1) is 0 Å². The first-order chi connectivity index (χ1) is 8.82. The molecule has 6 nitrogen and oxygen atoms in total. The van der Waals surface area contributed by atoms with Gasteiger partial charge in [-0.3, -0.25) is 0 Å². The van der Waals surface area contributed by atoms with Crippen LogP contribution in [0, 0.1) is 0 Å². The minimum absolute atomic E-state index is 0.357. The molecule has 112 valence electrons. The number of hydrogen-bond acceptors (Lipinski definition) is 6. The molecule has 0 aliphatic rings. The van der Waals surface area contributed by atoms with E-state index in [-0.39, 0.29) is 5.97 Å². The lowest BCUT2D eigenvalue weighted by Crippen LogP contribution is -2.29. The van der Waals surface area contributed by atoms with Crippen molar-refractivity contribution in [3.05, 3.63) is 24.3 Å². The summed E-state index contributed by atoms with van der Waals surface area (Å²) < 4.78 is 5.13. The van der Waals surface area contributed by atoms with Crippen LogP contribution < -0.4 is 21.3 Å². The van der Waals surface area contributed by atoms with Gasteiger partial charge in [-0.25, -0.2) is 4.79 Å². The van der Waals surface area contributed by atoms with E-state index in [1.807, 2.05) is 47.3 Å². The number of carbonyl (C=O) groups is 1. The lowest BCUT2D eigenvalue weighted by molar-refractivity contribution is -0.150. The van der Waals surface area contributed by atoms with E-state index in [1.165, 1.54) is 0 Å². The molecular formula is C13H28N4O2. The number of rotatable bonds is 5. The molecule has 0 aliphatic carbocycles. The Morgan fingerprint density at radius 3 is 1.68 bits per heavy atom. The summed E-state index contributed by atoms with van der Waals surface area (Å²) in [6.07, 6.45) is 5.20. The minimum atomic E-state index is -0.458. The summed E-state index contributed by atoms with van der Waals surface area (Å²) in [4.78, 5) is 11.4. The molecule has 0 rings (SSSR count). The molecule has 0 spiro atoms. The molecule has 0 heterocycles. The van der Waals surface area contributed by atoms with Crippen LogP contribution in [-0.4, -0.2) is 39.8 Å². The number of nitrogens with one attached hydrogen (secondary N) is 4. The SMILES string of the molecule is CN/C=C(/NC)C(=O)OC(C)(C)C.CN/C=C/NC. The number of ether oxygens (including phenoxy) is 1. The minimum Gasteiger partial charge on any atom is -0.455 e. The Morgan fingerprint density at radius 2 is 1.42 bits per heavy atom. The van der Waals surface area contributed by atoms with Gasteiger partial charge in [-0.05, 0) is 20.8 Å². The molecule has 19 heavy (non-hydrogen) atoms. The summed E-state index contributed by atoms with van der Waals surface area (Å²) >= 11 is 0. The number of carbonyl (C=O) groups excluding carboxylic acids is 1. The summed E-state index contributed by atoms with van der Waals surface area (Å²) in [5.41, 5.74) is -0.0433. The molecule has 0 amide bonds. The van der Waals surface area contributed by atoms with Gasteiger partial charge in [0.15, 0.2) is 0 Å². The van der Waals surface area contributed by atoms with Crippen molar-refractivity contribution in [2.45, 2.75) is 26.4 Å². The van der Waals surface area contributed by atoms with Crippen LogP contribution in [0.15, 0.2) is 24.3 Å². The Bertz CT molecular complexity index is 288. The smallest absolute Gasteiger partial charge is 0.356 e. The molecule has 0 radical (unpaired) electrons. The van der Waals surface area contributed by atoms with Gasteiger partial charge in [-0.1, -0.05) is 0 Å². The van der Waals surface area contributed by atoms with Crippen molar-refractivity contribution in [3.8, 4) is 0 Å². The first-order valence-electron chi connectivity index (χ1n) is 6.10. The standard InChI is InChI=1S/C9H18N2O2.C4H10N2/c1-9(2,3)13-8(12)7(11-5)6-10-4;1-5-3-4-6-2/h6,10-11H,1-5H3;3-6H,1-2H3/b7-6+;4-3+. The van der Waals surface area contributed by atoms with Gasteiger partial charge in [0.1, 0.15) is 11.3 Å². The van der Waals surface area contributed by atoms with Gasteiger partial charge in [0.2, 0.25) is 0 Å². The predicted molar refractivity (Wildman–Crippen MR) is 79.3 cm³/mol. The maximum Gasteiger partial charge on any atom is 0.356 e. The van der Waals surface area contributed by atoms with E-state index in [0.29, 0.717) is 5.70 Å². The highest BCUT2D eigenvalue weighted by Gasteiger charge is 2.18. The number of hydrogen-bond donors (Lipinski definition) is 4. The molecule has 0 aromatic carbocycles. The van der Waals surface area contributed by atoms with Gasteiger partial charge in [0.25, 0.3) is 0 Å². The molecule has 4 N–H and O–H groups in total. The molecule has 0 bridgehead atoms. The second kappa shape index (κ2) is 11.3. The van der Waals surface area contributed by atoms with Crippen molar-refractivity contribution >= 4 is 5.97 Å². The molecule has 0 saturated carbocycles. The molecule has 0 aliphatic heterocycles. The largest absolute Gasteiger partial charge is 0.455 e. The summed E-state index contributed by atoms with van der Waals surface area (Å²) in [6, 6.07) is 0. The third kappa shape index (κ3) is 14.1. The van der Waals surface area contributed by atoms with E-state index < -0.39 is 5.60 Å². The zero-order chi connectivity index (χ0) is 15.3. The second-order valence-corrected chi connectivity index (χ2v) is 4.51. The van der Waals surface area contributed by atoms with E-state index >= 15 is 0 Å². The lowest BCUT2D eigenvalue weighted by atomic mass is 10.2. The van der Waals surface area contributed by atoms with Crippen LogP contribution in [0.5, 0.6) is 0 Å². The summed E-state index contributed by atoms with van der Waals surface area (Å²) in [6.45, 7) is 5.49. The topological polar surface area (TPSA) is 74.4 Å². The normalized spacial score (nSPS) is 11.2. The van der Waals surface area contributed by atoms with Crippen molar-refractivity contribution in [1.29, 1.82) is 0 Å². The van der Waals surface area contributed by atoms with E-state index in [1.54, 1.807) is 20.3 Å². The van der Waals surface area contributed by atoms with Gasteiger partial charge in [-0.2, -0.15) is 0 Å². The van der Waals surface area contributed by atoms with Gasteiger partial charge < -0.3 is 26.0 Å². The Labute approximate surface area is 116 Å². The van der Waals surface area contributed by atoms with E-state index in [0.717, 1.165) is 0 Å². The third-order valence-corrected chi connectivity index (χ3v) is 1.59. The maximum absolute atomic E-state index is 11.4. The van der Waals surface area contributed by atoms with E-state index in [4.69, 9.17) is 4.74 Å². The number of esters is 1. The first-order valence-corrected chi connectivity index (χ1v) is 6.10. The number of likely N-dealkylation sites (N-methyl/N-ethyl adjacent to an activating group) is 1. The van der Waals surface area contributed by atoms with E-state index in [9.17, 15) is 4.79 Å². The van der Waals surface area contributed by atoms with Crippen molar-refractivity contribution < 1.29 is 9.53 Å². The Balaban J connectivity index is 0. The summed E-state index contributed by atoms with van der Waals surface area (Å²) in [5.74, 6) is -0.357. The van der Waals surface area contributed by atoms with Crippen LogP contribution in [0.1, 0.15) is 20.8 Å². The predicted octanol–water partition coefficient (Wildman–Crippen LogP) is 0.505. The molecule has 6 heteroatoms. The average molecular weight is 272 g/mol. The highest BCUT2D eigenvalue weighted by atomic mass is 16.6. The van der Waals surface area contributed by atoms with E-state index in [2.05, 4.69) is 21.3 Å². The quantitative estimate of drug-likeness (QED) is 0.431. The average Bonchev–Trinajstić information content (AvgIpc) is 2.31. The van der Waals surface area contributed by atoms with Crippen molar-refractivity contribution in [3.63, 3.8) is 0 Å². The summed E-state index contributed by atoms with van der Waals surface area (Å²) in [5, 5.41) is 11.2. The highest BCUT2D eigenvalue weighted by molar-refractivity contribution is 5.87. The van der Waals surface area contributed by atoms with Crippen LogP contribution in [0.3, 0.4) is 0 Å². The second-order valence-electron chi connectivity index (χ2n) is 4.51. The third-order valence-electron chi connectivity index (χ3n) is 1.59. The maximum atomic E-state index is 11.4. The molecule has 0 unspecified atom stereocenters. The van der Waals surface area contributed by atoms with Crippen molar-refractivity contribution in [2.75, 3.05) is 28.2 Å².